The van der Waals surface area contributed by atoms with E-state index in [4.69, 9.17) is 13.7 Å². The van der Waals surface area contributed by atoms with Crippen LogP contribution >= 0.6 is 0 Å². The van der Waals surface area contributed by atoms with Crippen molar-refractivity contribution in [2.24, 2.45) is 40.4 Å². The van der Waals surface area contributed by atoms with Gasteiger partial charge in [-0.25, -0.2) is 4.18 Å². The van der Waals surface area contributed by atoms with Crippen molar-refractivity contribution >= 4 is 10.4 Å². The molecule has 0 bridgehead atoms. The molecule has 264 valence electrons. The molecule has 46 heavy (non-hydrogen) atoms. The zero-order chi connectivity index (χ0) is 34.1. The van der Waals surface area contributed by atoms with Gasteiger partial charge in [-0.15, -0.1) is 0 Å². The highest BCUT2D eigenvalue weighted by atomic mass is 32.3. The Kier molecular flexibility index (Phi) is 10.0. The standard InChI is InChI=1S/C32H52O13S/c1-15(2)21(45-46(40,41)42)7-6-16(3)23-25(36)26(37)28-31(23,5)11-9-22-30(4)10-8-17(12-18(30)19(33)13-32(22,28)39)44-29-27(38)24(35)20(34)14-43-29/h6-7,12,15-17,19-29,33-39H,8-11,13-14H2,1-5H3,(H,40,41,42)/b7-6+/t16-,17+,19-,20-,21+,22-,23+,24+,25-,26+,27-,28+,29+,30+,31-,32+/m1/s1. The van der Waals surface area contributed by atoms with E-state index in [0.717, 1.165) is 0 Å². The summed E-state index contributed by atoms with van der Waals surface area (Å²) in [5, 5.41) is 77.4. The van der Waals surface area contributed by atoms with Gasteiger partial charge in [0.2, 0.25) is 0 Å². The maximum Gasteiger partial charge on any atom is 0.397 e. The first kappa shape index (κ1) is 36.3. The molecule has 0 aromatic heterocycles. The summed E-state index contributed by atoms with van der Waals surface area (Å²) in [6.45, 7) is 9.12. The number of fused-ring (bicyclic) bond motifs is 5. The molecule has 0 unspecified atom stereocenters. The quantitative estimate of drug-likeness (QED) is 0.129. The number of hydrogen-bond acceptors (Lipinski definition) is 12. The number of hydrogen-bond donors (Lipinski definition) is 8. The molecule has 4 aliphatic carbocycles. The number of ether oxygens (including phenoxy) is 2. The lowest BCUT2D eigenvalue weighted by Gasteiger charge is -2.63. The van der Waals surface area contributed by atoms with Crippen molar-refractivity contribution in [1.82, 2.24) is 0 Å². The third kappa shape index (κ3) is 6.15. The molecule has 0 aromatic rings. The molecule has 1 aliphatic heterocycles. The zero-order valence-electron chi connectivity index (χ0n) is 27.1. The second-order valence-corrected chi connectivity index (χ2v) is 16.3. The van der Waals surface area contributed by atoms with E-state index in [1.807, 2.05) is 26.8 Å². The van der Waals surface area contributed by atoms with Crippen LogP contribution in [0.25, 0.3) is 0 Å². The van der Waals surface area contributed by atoms with Gasteiger partial charge in [-0.1, -0.05) is 52.8 Å². The zero-order valence-corrected chi connectivity index (χ0v) is 27.9. The number of aliphatic hydroxyl groups excluding tert-OH is 6. The summed E-state index contributed by atoms with van der Waals surface area (Å²) in [4.78, 5) is 0. The molecule has 13 nitrogen and oxygen atoms in total. The van der Waals surface area contributed by atoms with E-state index in [1.165, 1.54) is 0 Å². The van der Waals surface area contributed by atoms with Crippen LogP contribution in [0.15, 0.2) is 23.8 Å². The molecule has 0 radical (unpaired) electrons. The fourth-order valence-electron chi connectivity index (χ4n) is 10.00. The van der Waals surface area contributed by atoms with Crippen LogP contribution in [-0.4, -0.2) is 116 Å². The van der Waals surface area contributed by atoms with Gasteiger partial charge in [0.15, 0.2) is 6.29 Å². The molecule has 1 saturated heterocycles. The first-order valence-corrected chi connectivity index (χ1v) is 17.7. The van der Waals surface area contributed by atoms with Crippen LogP contribution in [0, 0.1) is 40.4 Å². The Morgan fingerprint density at radius 1 is 0.957 bits per heavy atom. The third-order valence-corrected chi connectivity index (χ3v) is 12.6. The van der Waals surface area contributed by atoms with Crippen molar-refractivity contribution in [1.29, 1.82) is 0 Å². The minimum atomic E-state index is -4.69. The van der Waals surface area contributed by atoms with Crippen LogP contribution in [-0.2, 0) is 24.1 Å². The van der Waals surface area contributed by atoms with Crippen molar-refractivity contribution in [3.63, 3.8) is 0 Å². The van der Waals surface area contributed by atoms with Gasteiger partial charge in [-0.3, -0.25) is 4.55 Å². The van der Waals surface area contributed by atoms with Gasteiger partial charge in [0.05, 0.1) is 42.7 Å². The maximum absolute atomic E-state index is 12.6. The number of allylic oxidation sites excluding steroid dienone is 1. The molecule has 5 rings (SSSR count). The van der Waals surface area contributed by atoms with Crippen LogP contribution < -0.4 is 0 Å². The van der Waals surface area contributed by atoms with E-state index < -0.39 is 93.8 Å². The van der Waals surface area contributed by atoms with E-state index in [2.05, 4.69) is 0 Å². The smallest absolute Gasteiger partial charge is 0.390 e. The molecule has 14 heteroatoms. The fraction of sp³-hybridized carbons (Fsp3) is 0.875. The largest absolute Gasteiger partial charge is 0.397 e. The van der Waals surface area contributed by atoms with Gasteiger partial charge in [0, 0.05) is 12.3 Å². The summed E-state index contributed by atoms with van der Waals surface area (Å²) in [6.07, 6.45) is -3.10. The molecule has 16 atom stereocenters. The second kappa shape index (κ2) is 12.7. The highest BCUT2D eigenvalue weighted by Gasteiger charge is 2.72. The highest BCUT2D eigenvalue weighted by Crippen LogP contribution is 2.69. The van der Waals surface area contributed by atoms with Crippen molar-refractivity contribution in [2.75, 3.05) is 6.61 Å². The molecular formula is C32H52O13S. The minimum Gasteiger partial charge on any atom is -0.390 e. The lowest BCUT2D eigenvalue weighted by molar-refractivity contribution is -0.280. The average molecular weight is 677 g/mol. The Morgan fingerprint density at radius 3 is 2.26 bits per heavy atom. The molecular weight excluding hydrogens is 624 g/mol. The average Bonchev–Trinajstić information content (AvgIpc) is 3.16. The van der Waals surface area contributed by atoms with Gasteiger partial charge in [0.25, 0.3) is 0 Å². The molecule has 0 spiro atoms. The summed E-state index contributed by atoms with van der Waals surface area (Å²) < 4.78 is 48.2. The van der Waals surface area contributed by atoms with Crippen molar-refractivity contribution in [3.05, 3.63) is 23.8 Å². The van der Waals surface area contributed by atoms with Crippen molar-refractivity contribution in [3.8, 4) is 0 Å². The molecule has 3 saturated carbocycles. The molecule has 5 aliphatic rings. The molecule has 8 N–H and O–H groups in total. The lowest BCUT2D eigenvalue weighted by atomic mass is 9.43. The number of aliphatic hydroxyl groups is 7. The monoisotopic (exact) mass is 676 g/mol. The summed E-state index contributed by atoms with van der Waals surface area (Å²) in [5.41, 5.74) is -2.20. The van der Waals surface area contributed by atoms with Crippen LogP contribution in [0.4, 0.5) is 0 Å². The molecule has 1 heterocycles. The minimum absolute atomic E-state index is 0.0577. The second-order valence-electron chi connectivity index (χ2n) is 15.3. The maximum atomic E-state index is 12.6. The van der Waals surface area contributed by atoms with Gasteiger partial charge in [-0.2, -0.15) is 8.42 Å². The van der Waals surface area contributed by atoms with E-state index in [-0.39, 0.29) is 30.8 Å². The van der Waals surface area contributed by atoms with E-state index >= 15 is 0 Å². The summed E-state index contributed by atoms with van der Waals surface area (Å²) >= 11 is 0. The van der Waals surface area contributed by atoms with Gasteiger partial charge in [-0.05, 0) is 65.8 Å². The van der Waals surface area contributed by atoms with Gasteiger partial charge in [0.1, 0.15) is 18.3 Å². The summed E-state index contributed by atoms with van der Waals surface area (Å²) in [5.74, 6) is -2.26. The van der Waals surface area contributed by atoms with E-state index in [9.17, 15) is 48.7 Å². The van der Waals surface area contributed by atoms with Crippen molar-refractivity contribution in [2.45, 2.75) is 127 Å². The Labute approximate surface area is 270 Å². The Balaban J connectivity index is 1.39. The first-order chi connectivity index (χ1) is 21.2. The molecule has 4 fully saturated rings. The van der Waals surface area contributed by atoms with Crippen LogP contribution in [0.3, 0.4) is 0 Å². The van der Waals surface area contributed by atoms with Crippen LogP contribution in [0.2, 0.25) is 0 Å². The lowest BCUT2D eigenvalue weighted by Crippen LogP contribution is -2.66. The predicted molar refractivity (Wildman–Crippen MR) is 163 cm³/mol. The Hall–Kier alpha value is -1.01. The Morgan fingerprint density at radius 2 is 1.63 bits per heavy atom. The normalized spacial score (nSPS) is 49.3. The summed E-state index contributed by atoms with van der Waals surface area (Å²) in [7, 11) is -4.69. The molecule has 0 amide bonds. The molecule has 0 aromatic carbocycles. The predicted octanol–water partition coefficient (Wildman–Crippen LogP) is 0.453. The SMILES string of the molecule is CC(C)[C@H](/C=C/[C@@H](C)[C@H]1[C@@H](O)[C@H](O)[C@H]2[C@]1(C)CC[C@H]1[C@@]2(O)C[C@@H](O)C2=C[C@@H](O[C@@H]3OC[C@@H](O)[C@H](O)[C@H]3O)CC[C@@]21C)OS(=O)(=O)O. The van der Waals surface area contributed by atoms with Gasteiger partial charge < -0.3 is 45.2 Å². The van der Waals surface area contributed by atoms with Crippen LogP contribution in [0.1, 0.15) is 66.7 Å². The van der Waals surface area contributed by atoms with E-state index in [1.54, 1.807) is 26.0 Å². The summed E-state index contributed by atoms with van der Waals surface area (Å²) in [6, 6.07) is 0. The van der Waals surface area contributed by atoms with Crippen molar-refractivity contribution < 1.29 is 62.4 Å². The first-order valence-electron chi connectivity index (χ1n) is 16.4. The highest BCUT2D eigenvalue weighted by molar-refractivity contribution is 7.80. The van der Waals surface area contributed by atoms with E-state index in [0.29, 0.717) is 31.3 Å². The Bertz CT molecular complexity index is 1290. The third-order valence-electron chi connectivity index (χ3n) is 12.1. The number of rotatable bonds is 8. The topological polar surface area (TPSA) is 224 Å². The fourth-order valence-corrected chi connectivity index (χ4v) is 10.6. The van der Waals surface area contributed by atoms with Crippen LogP contribution in [0.5, 0.6) is 0 Å². The van der Waals surface area contributed by atoms with Gasteiger partial charge >= 0.3 is 10.4 Å².